The summed E-state index contributed by atoms with van der Waals surface area (Å²) in [6.07, 6.45) is 0. The Morgan fingerprint density at radius 1 is 0.745 bits per heavy atom. The Morgan fingerprint density at radius 3 is 1.83 bits per heavy atom. The average Bonchev–Trinajstić information content (AvgIpc) is 3.46. The molecule has 3 aliphatic heterocycles. The number of ether oxygens (including phenoxy) is 5. The predicted octanol–water partition coefficient (Wildman–Crippen LogP) is 5.58. The number of nitrogens with zero attached hydrogens (tertiary/aromatic N) is 1. The number of fused-ring (bicyclic) bond motifs is 3. The molecule has 47 heavy (non-hydrogen) atoms. The van der Waals surface area contributed by atoms with E-state index in [1.807, 2.05) is 0 Å². The number of carbonyl (C=O) groups is 5. The van der Waals surface area contributed by atoms with Crippen LogP contribution in [0.3, 0.4) is 0 Å². The Balaban J connectivity index is 1.92. The summed E-state index contributed by atoms with van der Waals surface area (Å²) in [5, 5.41) is 0.232. The number of halogens is 1. The maximum Gasteiger partial charge on any atom is 0.345 e. The van der Waals surface area contributed by atoms with Crippen LogP contribution in [-0.4, -0.2) is 75.0 Å². The molecule has 1 spiro atoms. The number of hydrogen-bond donors (Lipinski definition) is 0. The topological polar surface area (TPSA) is 135 Å². The van der Waals surface area contributed by atoms with E-state index in [1.165, 1.54) is 7.11 Å². The molecular weight excluding hydrogens is 690 g/mol. The van der Waals surface area contributed by atoms with E-state index >= 15 is 0 Å². The molecule has 2 aromatic carbocycles. The molecule has 246 valence electrons. The van der Waals surface area contributed by atoms with Gasteiger partial charge in [0.1, 0.15) is 24.5 Å². The van der Waals surface area contributed by atoms with Crippen LogP contribution in [0.25, 0.3) is 5.57 Å². The average molecular weight is 718 g/mol. The van der Waals surface area contributed by atoms with Crippen LogP contribution >= 0.6 is 46.9 Å². The Morgan fingerprint density at radius 2 is 1.30 bits per heavy atom. The third-order valence-corrected chi connectivity index (χ3v) is 12.6. The van der Waals surface area contributed by atoms with E-state index in [0.29, 0.717) is 27.5 Å². The van der Waals surface area contributed by atoms with Crippen molar-refractivity contribution in [2.45, 2.75) is 23.5 Å². The lowest BCUT2D eigenvalue weighted by Crippen LogP contribution is -2.53. The second-order valence-electron chi connectivity index (χ2n) is 10.5. The summed E-state index contributed by atoms with van der Waals surface area (Å²) in [4.78, 5) is 69.7. The highest BCUT2D eigenvalue weighted by Gasteiger charge is 2.62. The van der Waals surface area contributed by atoms with Crippen molar-refractivity contribution in [2.75, 3.05) is 40.4 Å². The number of hydrogen-bond acceptors (Lipinski definition) is 13. The zero-order valence-corrected chi connectivity index (χ0v) is 29.4. The molecule has 0 saturated heterocycles. The molecule has 0 unspecified atom stereocenters. The first-order valence-corrected chi connectivity index (χ1v) is 16.6. The minimum Gasteiger partial charge on any atom is -0.497 e. The lowest BCUT2D eigenvalue weighted by atomic mass is 9.83. The van der Waals surface area contributed by atoms with E-state index in [9.17, 15) is 24.0 Å². The lowest BCUT2D eigenvalue weighted by molar-refractivity contribution is -0.138. The molecule has 1 amide bonds. The van der Waals surface area contributed by atoms with Gasteiger partial charge in [0, 0.05) is 16.0 Å². The summed E-state index contributed by atoms with van der Waals surface area (Å²) < 4.78 is 24.3. The fraction of sp³-hybridized carbons (Fsp3) is 0.281. The molecule has 0 aromatic heterocycles. The number of rotatable bonds is 6. The van der Waals surface area contributed by atoms with E-state index < -0.39 is 39.4 Å². The quantitative estimate of drug-likeness (QED) is 0.272. The van der Waals surface area contributed by atoms with Crippen molar-refractivity contribution < 1.29 is 47.7 Å². The standard InChI is InChI=1S/C32H28ClNO10S3/c1-31(2)25-20(17-14-15(40-3)12-13-19(17)34(31)26(35)16-10-8-9-11-18(16)33)32(21(27(36)41-4)22(45-25)28(37)42-5)46-23(29(38)43-6)24(47-32)30(39)44-7/h8-14H,1-7H3. The summed E-state index contributed by atoms with van der Waals surface area (Å²) >= 11 is 9.12. The van der Waals surface area contributed by atoms with Gasteiger partial charge in [0.05, 0.1) is 62.9 Å². The molecule has 0 radical (unpaired) electrons. The summed E-state index contributed by atoms with van der Waals surface area (Å²) in [5.41, 5.74) is 0.0839. The number of methoxy groups -OCH3 is 5. The highest BCUT2D eigenvalue weighted by Crippen LogP contribution is 2.71. The molecule has 0 aliphatic carbocycles. The third kappa shape index (κ3) is 5.40. The summed E-state index contributed by atoms with van der Waals surface area (Å²) in [5.74, 6) is -3.53. The minimum atomic E-state index is -1.72. The second kappa shape index (κ2) is 13.0. The molecule has 2 aromatic rings. The molecule has 0 fully saturated rings. The lowest BCUT2D eigenvalue weighted by Gasteiger charge is -2.50. The molecule has 0 atom stereocenters. The zero-order valence-electron chi connectivity index (χ0n) is 26.2. The first kappa shape index (κ1) is 34.5. The van der Waals surface area contributed by atoms with Crippen LogP contribution in [-0.2, 0) is 38.1 Å². The van der Waals surface area contributed by atoms with Gasteiger partial charge < -0.3 is 23.7 Å². The molecule has 0 N–H and O–H groups in total. The molecule has 15 heteroatoms. The summed E-state index contributed by atoms with van der Waals surface area (Å²) in [7, 11) is 6.09. The molecule has 3 heterocycles. The molecule has 3 aliphatic rings. The summed E-state index contributed by atoms with van der Waals surface area (Å²) in [6.45, 7) is 3.56. The largest absolute Gasteiger partial charge is 0.497 e. The number of carbonyl (C=O) groups excluding carboxylic acids is 5. The monoisotopic (exact) mass is 717 g/mol. The van der Waals surface area contributed by atoms with Crippen molar-refractivity contribution >= 4 is 87.9 Å². The van der Waals surface area contributed by atoms with Crippen molar-refractivity contribution in [3.05, 3.63) is 83.8 Å². The van der Waals surface area contributed by atoms with Gasteiger partial charge in [-0.2, -0.15) is 0 Å². The van der Waals surface area contributed by atoms with Crippen LogP contribution in [0.5, 0.6) is 5.75 Å². The molecule has 0 saturated carbocycles. The van der Waals surface area contributed by atoms with Crippen LogP contribution in [0.1, 0.15) is 29.8 Å². The maximum atomic E-state index is 14.5. The van der Waals surface area contributed by atoms with Gasteiger partial charge >= 0.3 is 23.9 Å². The van der Waals surface area contributed by atoms with Crippen molar-refractivity contribution in [1.29, 1.82) is 0 Å². The van der Waals surface area contributed by atoms with Gasteiger partial charge in [0.25, 0.3) is 5.91 Å². The molecule has 0 bridgehead atoms. The number of anilines is 1. The van der Waals surface area contributed by atoms with Crippen LogP contribution < -0.4 is 9.64 Å². The van der Waals surface area contributed by atoms with Crippen LogP contribution in [0, 0.1) is 0 Å². The van der Waals surface area contributed by atoms with Crippen molar-refractivity contribution in [1.82, 2.24) is 0 Å². The maximum absolute atomic E-state index is 14.5. The van der Waals surface area contributed by atoms with E-state index in [2.05, 4.69) is 0 Å². The van der Waals surface area contributed by atoms with Crippen LogP contribution in [0.15, 0.2) is 67.7 Å². The van der Waals surface area contributed by atoms with Crippen molar-refractivity contribution in [2.24, 2.45) is 0 Å². The van der Waals surface area contributed by atoms with Gasteiger partial charge in [-0.25, -0.2) is 19.2 Å². The normalized spacial score (nSPS) is 17.6. The van der Waals surface area contributed by atoms with E-state index in [1.54, 1.807) is 61.2 Å². The second-order valence-corrected chi connectivity index (χ2v) is 14.7. The smallest absolute Gasteiger partial charge is 0.345 e. The first-order chi connectivity index (χ1) is 22.3. The van der Waals surface area contributed by atoms with Crippen LogP contribution in [0.4, 0.5) is 5.69 Å². The van der Waals surface area contributed by atoms with Gasteiger partial charge in [-0.15, -0.1) is 0 Å². The van der Waals surface area contributed by atoms with Crippen LogP contribution in [0.2, 0.25) is 5.02 Å². The summed E-state index contributed by atoms with van der Waals surface area (Å²) in [6, 6.07) is 11.7. The highest BCUT2D eigenvalue weighted by molar-refractivity contribution is 8.26. The Kier molecular flexibility index (Phi) is 9.52. The number of esters is 4. The fourth-order valence-corrected chi connectivity index (χ4v) is 10.8. The SMILES string of the molecule is COC(=O)C1=C(C(=O)OC)SC2(S1)C(C(=O)OC)=C(C(=O)OC)SC1=C2c2cc(OC)ccc2N(C(=O)c2ccccc2Cl)C1(C)C. The number of benzene rings is 2. The zero-order chi connectivity index (χ0) is 34.4. The predicted molar refractivity (Wildman–Crippen MR) is 180 cm³/mol. The van der Waals surface area contributed by atoms with E-state index in [4.69, 9.17) is 35.3 Å². The van der Waals surface area contributed by atoms with Gasteiger partial charge in [0.15, 0.2) is 0 Å². The minimum absolute atomic E-state index is 0.148. The Labute approximate surface area is 288 Å². The van der Waals surface area contributed by atoms with Gasteiger partial charge in [-0.1, -0.05) is 59.0 Å². The number of thioether (sulfide) groups is 3. The van der Waals surface area contributed by atoms with Gasteiger partial charge in [-0.05, 0) is 44.2 Å². The molecule has 5 rings (SSSR count). The van der Waals surface area contributed by atoms with Crippen molar-refractivity contribution in [3.63, 3.8) is 0 Å². The Hall–Kier alpha value is -3.85. The fourth-order valence-electron chi connectivity index (χ4n) is 5.54. The van der Waals surface area contributed by atoms with Crippen molar-refractivity contribution in [3.8, 4) is 5.75 Å². The van der Waals surface area contributed by atoms with E-state index in [-0.39, 0.29) is 30.9 Å². The Bertz CT molecular complexity index is 1820. The highest BCUT2D eigenvalue weighted by atomic mass is 35.5. The number of amides is 1. The first-order valence-electron chi connectivity index (χ1n) is 13.7. The van der Waals surface area contributed by atoms with Gasteiger partial charge in [-0.3, -0.25) is 9.69 Å². The molecule has 11 nitrogen and oxygen atoms in total. The molecular formula is C32H28ClNO10S3. The van der Waals surface area contributed by atoms with E-state index in [0.717, 1.165) is 63.7 Å². The third-order valence-electron chi connectivity index (χ3n) is 7.65. The van der Waals surface area contributed by atoms with Gasteiger partial charge in [0.2, 0.25) is 0 Å².